The lowest BCUT2D eigenvalue weighted by Crippen LogP contribution is -2.44. The number of hydrogen-bond donors (Lipinski definition) is 1. The zero-order chi connectivity index (χ0) is 9.60. The Bertz CT molecular complexity index is 310. The van der Waals surface area contributed by atoms with Crippen molar-refractivity contribution in [1.29, 1.82) is 0 Å². The minimum atomic E-state index is -1.15. The first-order valence-electron chi connectivity index (χ1n) is 5.24. The quantitative estimate of drug-likeness (QED) is 0.744. The molecule has 2 bridgehead atoms. The third-order valence-electron chi connectivity index (χ3n) is 3.51. The number of halogens is 1. The predicted octanol–water partition coefficient (Wildman–Crippen LogP) is 2.36. The summed E-state index contributed by atoms with van der Waals surface area (Å²) >= 11 is 0. The van der Waals surface area contributed by atoms with Crippen LogP contribution in [-0.2, 0) is 5.67 Å². The van der Waals surface area contributed by atoms with Gasteiger partial charge in [-0.1, -0.05) is 0 Å². The van der Waals surface area contributed by atoms with Gasteiger partial charge in [-0.15, -0.1) is 0 Å². The Morgan fingerprint density at radius 1 is 1.36 bits per heavy atom. The molecule has 2 saturated heterocycles. The fourth-order valence-electron chi connectivity index (χ4n) is 2.84. The Hall–Kier alpha value is -0.830. The van der Waals surface area contributed by atoms with Gasteiger partial charge in [-0.05, 0) is 18.9 Å². The highest BCUT2D eigenvalue weighted by Crippen LogP contribution is 2.43. The molecule has 1 aromatic rings. The van der Waals surface area contributed by atoms with Gasteiger partial charge in [0.05, 0.1) is 12.5 Å². The summed E-state index contributed by atoms with van der Waals surface area (Å²) in [4.78, 5) is 0. The molecule has 0 aliphatic carbocycles. The molecule has 0 saturated carbocycles. The van der Waals surface area contributed by atoms with Crippen molar-refractivity contribution in [2.45, 2.75) is 43.4 Å². The van der Waals surface area contributed by atoms with E-state index in [0.29, 0.717) is 24.9 Å². The molecule has 2 nitrogen and oxygen atoms in total. The third kappa shape index (κ3) is 1.19. The highest BCUT2D eigenvalue weighted by Gasteiger charge is 2.45. The van der Waals surface area contributed by atoms with Crippen LogP contribution >= 0.6 is 0 Å². The highest BCUT2D eigenvalue weighted by molar-refractivity contribution is 5.20. The molecule has 3 heterocycles. The first-order chi connectivity index (χ1) is 6.76. The van der Waals surface area contributed by atoms with Gasteiger partial charge in [0.25, 0.3) is 0 Å². The zero-order valence-corrected chi connectivity index (χ0v) is 8.00. The van der Waals surface area contributed by atoms with E-state index in [0.717, 1.165) is 18.4 Å². The van der Waals surface area contributed by atoms with Crippen molar-refractivity contribution in [3.05, 3.63) is 24.2 Å². The number of piperidine rings is 1. The fourth-order valence-corrected chi connectivity index (χ4v) is 2.84. The van der Waals surface area contributed by atoms with Crippen LogP contribution in [-0.4, -0.2) is 12.1 Å². The molecule has 1 N–H and O–H groups in total. The summed E-state index contributed by atoms with van der Waals surface area (Å²) in [5, 5.41) is 3.44. The van der Waals surface area contributed by atoms with Crippen molar-refractivity contribution in [3.8, 4) is 0 Å². The topological polar surface area (TPSA) is 25.2 Å². The first kappa shape index (κ1) is 8.48. The molecule has 14 heavy (non-hydrogen) atoms. The molecular weight excluding hydrogens is 181 g/mol. The summed E-state index contributed by atoms with van der Waals surface area (Å²) < 4.78 is 19.5. The van der Waals surface area contributed by atoms with Gasteiger partial charge in [-0.25, -0.2) is 4.39 Å². The van der Waals surface area contributed by atoms with Crippen LogP contribution in [0.3, 0.4) is 0 Å². The summed E-state index contributed by atoms with van der Waals surface area (Å²) in [5.41, 5.74) is -0.430. The molecule has 2 aliphatic rings. The number of hydrogen-bond acceptors (Lipinski definition) is 2. The molecule has 3 heteroatoms. The maximum absolute atomic E-state index is 14.6. The van der Waals surface area contributed by atoms with Gasteiger partial charge in [-0.3, -0.25) is 0 Å². The lowest BCUT2D eigenvalue weighted by molar-refractivity contribution is 0.0867. The van der Waals surface area contributed by atoms with E-state index in [1.165, 1.54) is 0 Å². The van der Waals surface area contributed by atoms with E-state index in [-0.39, 0.29) is 0 Å². The lowest BCUT2D eigenvalue weighted by Gasteiger charge is -2.34. The van der Waals surface area contributed by atoms with Gasteiger partial charge < -0.3 is 9.73 Å². The molecular formula is C11H14FNO. The van der Waals surface area contributed by atoms with E-state index in [2.05, 4.69) is 5.32 Å². The molecule has 3 rings (SSSR count). The van der Waals surface area contributed by atoms with Crippen LogP contribution < -0.4 is 5.32 Å². The zero-order valence-electron chi connectivity index (χ0n) is 8.00. The molecule has 76 valence electrons. The van der Waals surface area contributed by atoms with Gasteiger partial charge in [-0.2, -0.15) is 0 Å². The van der Waals surface area contributed by atoms with Gasteiger partial charge in [0.2, 0.25) is 0 Å². The second-order valence-electron chi connectivity index (χ2n) is 4.52. The smallest absolute Gasteiger partial charge is 0.142 e. The lowest BCUT2D eigenvalue weighted by atomic mass is 9.84. The van der Waals surface area contributed by atoms with Gasteiger partial charge in [0.15, 0.2) is 0 Å². The molecule has 0 radical (unpaired) electrons. The molecule has 0 spiro atoms. The normalized spacial score (nSPS) is 41.5. The average molecular weight is 195 g/mol. The molecule has 2 atom stereocenters. The van der Waals surface area contributed by atoms with Crippen molar-refractivity contribution >= 4 is 0 Å². The van der Waals surface area contributed by atoms with Crippen molar-refractivity contribution in [1.82, 2.24) is 5.32 Å². The van der Waals surface area contributed by atoms with Crippen molar-refractivity contribution in [2.24, 2.45) is 0 Å². The maximum Gasteiger partial charge on any atom is 0.142 e. The van der Waals surface area contributed by atoms with Crippen molar-refractivity contribution < 1.29 is 8.81 Å². The SMILES string of the molecule is FC1(c2ccoc2)CC2CCC(C1)N2. The van der Waals surface area contributed by atoms with E-state index in [1.54, 1.807) is 18.6 Å². The Labute approximate surface area is 82.5 Å². The summed E-state index contributed by atoms with van der Waals surface area (Å²) in [7, 11) is 0. The van der Waals surface area contributed by atoms with E-state index in [1.807, 2.05) is 0 Å². The van der Waals surface area contributed by atoms with E-state index in [4.69, 9.17) is 4.42 Å². The highest BCUT2D eigenvalue weighted by atomic mass is 19.1. The van der Waals surface area contributed by atoms with E-state index in [9.17, 15) is 4.39 Å². The second kappa shape index (κ2) is 2.83. The standard InChI is InChI=1S/C11H14FNO/c12-11(8-3-4-14-7-8)5-9-1-2-10(6-11)13-9/h3-4,7,9-10,13H,1-2,5-6H2. The van der Waals surface area contributed by atoms with E-state index >= 15 is 0 Å². The first-order valence-corrected chi connectivity index (χ1v) is 5.24. The Balaban J connectivity index is 1.90. The Morgan fingerprint density at radius 3 is 2.64 bits per heavy atom. The van der Waals surface area contributed by atoms with Crippen molar-refractivity contribution in [2.75, 3.05) is 0 Å². The van der Waals surface area contributed by atoms with Gasteiger partial charge in [0, 0.05) is 30.5 Å². The number of furan rings is 1. The summed E-state index contributed by atoms with van der Waals surface area (Å²) in [5.74, 6) is 0. The number of fused-ring (bicyclic) bond motifs is 2. The monoisotopic (exact) mass is 195 g/mol. The number of nitrogens with one attached hydrogen (secondary N) is 1. The van der Waals surface area contributed by atoms with Crippen LogP contribution in [0.15, 0.2) is 23.0 Å². The summed E-state index contributed by atoms with van der Waals surface area (Å²) in [6.07, 6.45) is 6.54. The van der Waals surface area contributed by atoms with Crippen LogP contribution in [0.25, 0.3) is 0 Å². The minimum absolute atomic E-state index is 0.369. The minimum Gasteiger partial charge on any atom is -0.472 e. The largest absolute Gasteiger partial charge is 0.472 e. The molecule has 2 unspecified atom stereocenters. The van der Waals surface area contributed by atoms with Crippen LogP contribution in [0, 0.1) is 0 Å². The van der Waals surface area contributed by atoms with E-state index < -0.39 is 5.67 Å². The average Bonchev–Trinajstić information content (AvgIpc) is 2.75. The van der Waals surface area contributed by atoms with Crippen molar-refractivity contribution in [3.63, 3.8) is 0 Å². The number of rotatable bonds is 1. The summed E-state index contributed by atoms with van der Waals surface area (Å²) in [6, 6.07) is 2.49. The van der Waals surface area contributed by atoms with Crippen LogP contribution in [0.2, 0.25) is 0 Å². The Morgan fingerprint density at radius 2 is 2.07 bits per heavy atom. The second-order valence-corrected chi connectivity index (χ2v) is 4.52. The van der Waals surface area contributed by atoms with Crippen LogP contribution in [0.4, 0.5) is 4.39 Å². The molecule has 2 fully saturated rings. The van der Waals surface area contributed by atoms with Crippen LogP contribution in [0.5, 0.6) is 0 Å². The molecule has 0 amide bonds. The third-order valence-corrected chi connectivity index (χ3v) is 3.51. The number of alkyl halides is 1. The fraction of sp³-hybridized carbons (Fsp3) is 0.636. The molecule has 0 aromatic carbocycles. The Kier molecular flexibility index (Phi) is 1.71. The predicted molar refractivity (Wildman–Crippen MR) is 50.7 cm³/mol. The van der Waals surface area contributed by atoms with Gasteiger partial charge >= 0.3 is 0 Å². The van der Waals surface area contributed by atoms with Gasteiger partial charge in [0.1, 0.15) is 5.67 Å². The molecule has 1 aromatic heterocycles. The summed E-state index contributed by atoms with van der Waals surface area (Å²) in [6.45, 7) is 0. The maximum atomic E-state index is 14.6. The van der Waals surface area contributed by atoms with Crippen LogP contribution in [0.1, 0.15) is 31.2 Å². The molecule has 2 aliphatic heterocycles.